The minimum atomic E-state index is 0. The smallest absolute Gasteiger partial charge is 0.497 e. The molecule has 0 aliphatic rings. The second-order valence-corrected chi connectivity index (χ2v) is 28.8. The Morgan fingerprint density at radius 3 is 1.06 bits per heavy atom. The third-order valence-electron chi connectivity index (χ3n) is 17.8. The third kappa shape index (κ3) is 13.8. The van der Waals surface area contributed by atoms with E-state index in [1.807, 2.05) is 133 Å². The van der Waals surface area contributed by atoms with E-state index in [1.165, 1.54) is 65.3 Å². The molecule has 0 aliphatic carbocycles. The molecule has 0 aliphatic heterocycles. The van der Waals surface area contributed by atoms with Crippen molar-refractivity contribution in [2.45, 2.75) is 105 Å². The largest absolute Gasteiger partial charge is 2.00 e. The number of para-hydroxylation sites is 3. The number of rotatable bonds is 7. The monoisotopic (exact) mass is 1450 g/mol. The van der Waals surface area contributed by atoms with Gasteiger partial charge in [0.1, 0.15) is 0 Å². The van der Waals surface area contributed by atoms with Crippen molar-refractivity contribution in [3.05, 3.63) is 283 Å². The van der Waals surface area contributed by atoms with Crippen LogP contribution in [0.4, 0.5) is 0 Å². The zero-order chi connectivity index (χ0) is 66.0. The standard InChI is InChI=1S/C36H44.C30H17N3O.C22H14N2O.2Pd/c1-33(2,3)23-13-21-14-24(34(4,5)6)19-29-30-20-26(36(10,11)12)16-22-15-25(35(7,8)9)18-28(32(22)30)27(17-23)31(21)29;1-3-13-28-24(10-1)23-16-15-22(19-25(23)30-32-27-12-2-4-14-29(27)33(28)30)34-21-9-7-8-20(18-21)26-11-5-6-17-31-26;1-3-13-23-21(11-1)17-7-5-9-19(15-17)25-20-10-6-8-18(16-20)22-12-2-4-14-24-22;;/h13-20H,1-12H3;1-17H;1-14H;;/q;2*-2;2*+2. The van der Waals surface area contributed by atoms with E-state index in [-0.39, 0.29) is 62.5 Å². The summed E-state index contributed by atoms with van der Waals surface area (Å²) in [5.74, 6) is 2.48. The van der Waals surface area contributed by atoms with Gasteiger partial charge in [-0.3, -0.25) is 4.98 Å². The Hall–Kier alpha value is -9.44. The third-order valence-corrected chi connectivity index (χ3v) is 17.8. The zero-order valence-electron chi connectivity index (χ0n) is 56.7. The van der Waals surface area contributed by atoms with Crippen molar-refractivity contribution >= 4 is 81.4 Å². The van der Waals surface area contributed by atoms with Crippen molar-refractivity contribution in [1.29, 1.82) is 0 Å². The molecule has 9 heteroatoms. The molecule has 16 aromatic rings. The normalized spacial score (nSPS) is 12.0. The fraction of sp³-hybridized carbons (Fsp3) is 0.182. The molecule has 0 unspecified atom stereocenters. The minimum Gasteiger partial charge on any atom is -0.497 e. The number of pyridine rings is 4. The number of nitrogens with zero attached hydrogens (tertiary/aromatic N) is 5. The first kappa shape index (κ1) is 67.5. The molecule has 484 valence electrons. The number of ether oxygens (including phenoxy) is 2. The maximum Gasteiger partial charge on any atom is 2.00 e. The predicted octanol–water partition coefficient (Wildman–Crippen LogP) is 23.4. The van der Waals surface area contributed by atoms with Gasteiger partial charge >= 0.3 is 40.8 Å². The molecular formula is C88H75N5O2Pd2. The zero-order valence-corrected chi connectivity index (χ0v) is 59.8. The van der Waals surface area contributed by atoms with Gasteiger partial charge in [0.05, 0.1) is 16.7 Å². The van der Waals surface area contributed by atoms with Gasteiger partial charge in [-0.05, 0) is 170 Å². The van der Waals surface area contributed by atoms with Crippen LogP contribution in [0.3, 0.4) is 0 Å². The summed E-state index contributed by atoms with van der Waals surface area (Å²) < 4.78 is 14.4. The number of benzene rings is 11. The summed E-state index contributed by atoms with van der Waals surface area (Å²) in [5, 5.41) is 14.4. The summed E-state index contributed by atoms with van der Waals surface area (Å²) >= 11 is 0. The van der Waals surface area contributed by atoms with Crippen LogP contribution in [0, 0.1) is 24.3 Å². The molecule has 0 amide bonds. The number of fused-ring (bicyclic) bond motifs is 10. The fourth-order valence-electron chi connectivity index (χ4n) is 12.7. The van der Waals surface area contributed by atoms with Crippen LogP contribution < -0.4 is 9.47 Å². The van der Waals surface area contributed by atoms with Crippen molar-refractivity contribution < 1.29 is 50.3 Å². The molecule has 0 radical (unpaired) electrons. The van der Waals surface area contributed by atoms with Gasteiger partial charge in [0.2, 0.25) is 0 Å². The molecule has 7 nitrogen and oxygen atoms in total. The van der Waals surface area contributed by atoms with Crippen LogP contribution in [0.5, 0.6) is 23.0 Å². The van der Waals surface area contributed by atoms with Crippen molar-refractivity contribution in [3.63, 3.8) is 0 Å². The average Bonchev–Trinajstić information content (AvgIpc) is 1.58. The summed E-state index contributed by atoms with van der Waals surface area (Å²) in [4.78, 5) is 18.1. The van der Waals surface area contributed by atoms with E-state index in [2.05, 4.69) is 212 Å². The molecule has 0 saturated carbocycles. The summed E-state index contributed by atoms with van der Waals surface area (Å²) in [6, 6.07) is 88.5. The van der Waals surface area contributed by atoms with Gasteiger partial charge in [-0.25, -0.2) is 0 Å². The molecule has 0 saturated heterocycles. The van der Waals surface area contributed by atoms with Crippen molar-refractivity contribution in [2.24, 2.45) is 0 Å². The Labute approximate surface area is 596 Å². The Balaban J connectivity index is 0.000000140. The van der Waals surface area contributed by atoms with Gasteiger partial charge in [0.15, 0.2) is 0 Å². The molecule has 0 spiro atoms. The molecule has 0 N–H and O–H groups in total. The Kier molecular flexibility index (Phi) is 18.7. The van der Waals surface area contributed by atoms with E-state index >= 15 is 0 Å². The van der Waals surface area contributed by atoms with Crippen LogP contribution in [-0.4, -0.2) is 24.3 Å². The Morgan fingerprint density at radius 1 is 0.320 bits per heavy atom. The second kappa shape index (κ2) is 26.9. The van der Waals surface area contributed by atoms with E-state index in [0.29, 0.717) is 23.0 Å². The van der Waals surface area contributed by atoms with Crippen molar-refractivity contribution in [3.8, 4) is 56.8 Å². The van der Waals surface area contributed by atoms with Crippen molar-refractivity contribution in [2.75, 3.05) is 0 Å². The Bertz CT molecular complexity index is 5210. The van der Waals surface area contributed by atoms with Crippen LogP contribution in [0.25, 0.3) is 115 Å². The van der Waals surface area contributed by atoms with E-state index < -0.39 is 0 Å². The maximum absolute atomic E-state index is 6.21. The molecule has 0 atom stereocenters. The van der Waals surface area contributed by atoms with Gasteiger partial charge in [0.25, 0.3) is 0 Å². The summed E-state index contributed by atoms with van der Waals surface area (Å²) in [6.07, 6.45) is 5.31. The fourth-order valence-corrected chi connectivity index (χ4v) is 12.7. The topological polar surface area (TPSA) is 74.4 Å². The van der Waals surface area contributed by atoms with Gasteiger partial charge < -0.3 is 28.8 Å². The number of hydrogen-bond acceptors (Lipinski definition) is 6. The molecule has 97 heavy (non-hydrogen) atoms. The predicted molar refractivity (Wildman–Crippen MR) is 395 cm³/mol. The van der Waals surface area contributed by atoms with Gasteiger partial charge in [-0.15, -0.1) is 77.4 Å². The quantitative estimate of drug-likeness (QED) is 0.0685. The van der Waals surface area contributed by atoms with Gasteiger partial charge in [0, 0.05) is 47.1 Å². The molecule has 5 aromatic heterocycles. The second-order valence-electron chi connectivity index (χ2n) is 28.8. The number of imidazole rings is 1. The van der Waals surface area contributed by atoms with E-state index in [1.54, 1.807) is 18.6 Å². The Morgan fingerprint density at radius 2 is 0.680 bits per heavy atom. The van der Waals surface area contributed by atoms with Crippen LogP contribution >= 0.6 is 0 Å². The van der Waals surface area contributed by atoms with Crippen LogP contribution in [0.2, 0.25) is 0 Å². The van der Waals surface area contributed by atoms with E-state index in [0.717, 1.165) is 72.1 Å². The van der Waals surface area contributed by atoms with Crippen LogP contribution in [0.15, 0.2) is 237 Å². The summed E-state index contributed by atoms with van der Waals surface area (Å²) in [6.45, 7) is 28.0. The molecule has 11 aromatic carbocycles. The SMILES string of the molecule is CC(C)(C)c1cc2cc(C(C)(C)C)cc3c4cc(C(C)(C)C)cc5cc(C(C)(C)C)cc(c(c1)c23)c54.[Pd+2].[Pd+2].[c-]1c(Oc2[c-]c(-c3ccccn3)ccc2)cccc1-c1ccccn1.[c-]1c(Oc2[c-]c3c(cc2)c2ccccc2n2c4ccccc4nc32)cccc1-c1ccccn1. The van der Waals surface area contributed by atoms with Crippen molar-refractivity contribution in [1.82, 2.24) is 24.3 Å². The number of aromatic nitrogens is 5. The molecule has 16 rings (SSSR count). The molecule has 0 bridgehead atoms. The first-order valence-corrected chi connectivity index (χ1v) is 32.7. The van der Waals surface area contributed by atoms with E-state index in [4.69, 9.17) is 14.5 Å². The summed E-state index contributed by atoms with van der Waals surface area (Å²) in [7, 11) is 0. The first-order chi connectivity index (χ1) is 45.6. The molecule has 5 heterocycles. The summed E-state index contributed by atoms with van der Waals surface area (Å²) in [5.41, 5.74) is 15.2. The average molecular weight is 1450 g/mol. The number of hydrogen-bond donors (Lipinski definition) is 0. The van der Waals surface area contributed by atoms with Gasteiger partial charge in [-0.2, -0.15) is 0 Å². The maximum atomic E-state index is 6.21. The van der Waals surface area contributed by atoms with Gasteiger partial charge in [-0.1, -0.05) is 215 Å². The van der Waals surface area contributed by atoms with E-state index in [9.17, 15) is 0 Å². The first-order valence-electron chi connectivity index (χ1n) is 32.7. The van der Waals surface area contributed by atoms with Crippen LogP contribution in [-0.2, 0) is 62.5 Å². The molecular weight excluding hydrogens is 1370 g/mol. The van der Waals surface area contributed by atoms with Crippen LogP contribution in [0.1, 0.15) is 105 Å². The molecule has 0 fully saturated rings. The minimum absolute atomic E-state index is 0.